The first-order valence-corrected chi connectivity index (χ1v) is 43.9. The molecule has 518 valence electrons. The zero-order valence-electron chi connectivity index (χ0n) is 59.5. The maximum Gasteiger partial charge on any atom is 0.261 e. The third-order valence-electron chi connectivity index (χ3n) is 20.2. The van der Waals surface area contributed by atoms with Gasteiger partial charge in [0, 0.05) is 32.6 Å². The number of amides is 2. The van der Waals surface area contributed by atoms with Crippen LogP contribution in [0.5, 0.6) is 0 Å². The van der Waals surface area contributed by atoms with Gasteiger partial charge in [0.05, 0.1) is 39.9 Å². The van der Waals surface area contributed by atoms with Crippen LogP contribution in [0.2, 0.25) is 0 Å². The molecule has 0 saturated carbocycles. The fourth-order valence-electron chi connectivity index (χ4n) is 14.5. The summed E-state index contributed by atoms with van der Waals surface area (Å²) < 4.78 is 2.47. The van der Waals surface area contributed by atoms with Crippen molar-refractivity contribution in [1.82, 2.24) is 9.80 Å². The molecule has 4 aromatic rings. The van der Waals surface area contributed by atoms with E-state index in [1.807, 2.05) is 22.7 Å². The Hall–Kier alpha value is -1.82. The van der Waals surface area contributed by atoms with Crippen molar-refractivity contribution in [2.24, 2.45) is 11.8 Å². The molecule has 0 N–H and O–H groups in total. The first-order valence-electron chi connectivity index (χ1n) is 39.1. The molecule has 4 aromatic heterocycles. The van der Waals surface area contributed by atoms with Crippen LogP contribution < -0.4 is 0 Å². The highest BCUT2D eigenvalue weighted by atomic mass is 79.9. The number of carbonyl (C=O) groups is 2. The molecule has 0 fully saturated rings. The van der Waals surface area contributed by atoms with Crippen LogP contribution in [0.1, 0.15) is 371 Å². The van der Waals surface area contributed by atoms with Gasteiger partial charge in [0.25, 0.3) is 11.8 Å². The molecule has 4 nitrogen and oxygen atoms in total. The Morgan fingerprint density at radius 3 is 0.815 bits per heavy atom. The number of carbonyl (C=O) groups excluding carboxylic acids is 2. The molecule has 6 rings (SSSR count). The van der Waals surface area contributed by atoms with Gasteiger partial charge in [-0.15, -0.1) is 45.3 Å². The van der Waals surface area contributed by atoms with Crippen LogP contribution in [0.4, 0.5) is 0 Å². The minimum absolute atomic E-state index is 0.0607. The van der Waals surface area contributed by atoms with Gasteiger partial charge in [0.15, 0.2) is 0 Å². The Bertz CT molecular complexity index is 2510. The van der Waals surface area contributed by atoms with E-state index in [1.54, 1.807) is 22.7 Å². The van der Waals surface area contributed by atoms with Crippen molar-refractivity contribution in [3.05, 3.63) is 76.0 Å². The Labute approximate surface area is 597 Å². The molecular formula is C82H130Br2N2O2S4. The molecule has 0 spiro atoms. The van der Waals surface area contributed by atoms with Crippen molar-refractivity contribution in [2.75, 3.05) is 13.1 Å². The lowest BCUT2D eigenvalue weighted by molar-refractivity contribution is -0.124. The van der Waals surface area contributed by atoms with Gasteiger partial charge in [-0.2, -0.15) is 0 Å². The number of aryl methyl sites for hydroxylation is 2. The van der Waals surface area contributed by atoms with Crippen molar-refractivity contribution in [2.45, 2.75) is 363 Å². The lowest BCUT2D eigenvalue weighted by atomic mass is 9.93. The van der Waals surface area contributed by atoms with Crippen molar-refractivity contribution in [3.8, 4) is 19.5 Å². The van der Waals surface area contributed by atoms with Crippen LogP contribution in [-0.2, 0) is 22.4 Å². The van der Waals surface area contributed by atoms with Crippen molar-refractivity contribution >= 4 is 100 Å². The predicted octanol–water partition coefficient (Wildman–Crippen LogP) is 29.8. The molecule has 10 heteroatoms. The molecule has 6 heterocycles. The Morgan fingerprint density at radius 1 is 0.304 bits per heavy atom. The maximum absolute atomic E-state index is 16.4. The molecule has 92 heavy (non-hydrogen) atoms. The monoisotopic (exact) mass is 1460 g/mol. The number of rotatable bonds is 58. The average molecular weight is 1460 g/mol. The smallest absolute Gasteiger partial charge is 0.261 e. The zero-order valence-corrected chi connectivity index (χ0v) is 65.9. The van der Waals surface area contributed by atoms with Crippen LogP contribution in [0.3, 0.4) is 0 Å². The zero-order chi connectivity index (χ0) is 65.4. The Balaban J connectivity index is 1.40. The van der Waals surface area contributed by atoms with Crippen LogP contribution >= 0.6 is 77.2 Å². The van der Waals surface area contributed by atoms with Crippen molar-refractivity contribution in [3.63, 3.8) is 0 Å². The molecule has 2 atom stereocenters. The molecule has 0 radical (unpaired) electrons. The first kappa shape index (κ1) is 79.2. The molecule has 0 bridgehead atoms. The molecule has 2 unspecified atom stereocenters. The van der Waals surface area contributed by atoms with E-state index >= 15 is 9.59 Å². The van der Waals surface area contributed by atoms with Crippen LogP contribution in [0, 0.1) is 11.8 Å². The normalized spacial score (nSPS) is 14.2. The summed E-state index contributed by atoms with van der Waals surface area (Å²) in [5.41, 5.74) is 5.95. The summed E-state index contributed by atoms with van der Waals surface area (Å²) in [6.45, 7) is 15.2. The molecule has 2 aliphatic heterocycles. The number of halogens is 2. The summed E-state index contributed by atoms with van der Waals surface area (Å²) in [4.78, 5) is 44.3. The lowest BCUT2D eigenvalue weighted by Crippen LogP contribution is -2.34. The highest BCUT2D eigenvalue weighted by Gasteiger charge is 2.50. The third kappa shape index (κ3) is 27.5. The van der Waals surface area contributed by atoms with E-state index in [2.05, 4.69) is 120 Å². The van der Waals surface area contributed by atoms with Crippen LogP contribution in [-0.4, -0.2) is 34.7 Å². The van der Waals surface area contributed by atoms with Crippen LogP contribution in [0.25, 0.3) is 30.9 Å². The van der Waals surface area contributed by atoms with E-state index in [0.29, 0.717) is 36.1 Å². The molecule has 2 amide bonds. The summed E-state index contributed by atoms with van der Waals surface area (Å²) in [6, 6.07) is 14.0. The number of hydrogen-bond acceptors (Lipinski definition) is 6. The van der Waals surface area contributed by atoms with E-state index in [0.717, 1.165) is 59.7 Å². The predicted molar refractivity (Wildman–Crippen MR) is 418 cm³/mol. The number of unbranched alkanes of at least 4 members (excludes halogenated alkanes) is 38. The topological polar surface area (TPSA) is 40.6 Å². The molecular weight excluding hydrogens is 1330 g/mol. The summed E-state index contributed by atoms with van der Waals surface area (Å²) >= 11 is 15.3. The second-order valence-corrected chi connectivity index (χ2v) is 35.2. The molecule has 0 aromatic carbocycles. The maximum atomic E-state index is 16.4. The second kappa shape index (κ2) is 48.0. The van der Waals surface area contributed by atoms with Gasteiger partial charge in [0.2, 0.25) is 0 Å². The Morgan fingerprint density at radius 2 is 0.543 bits per heavy atom. The molecule has 0 aliphatic carbocycles. The van der Waals surface area contributed by atoms with Crippen LogP contribution in [0.15, 0.2) is 55.1 Å². The third-order valence-corrected chi connectivity index (χ3v) is 26.7. The van der Waals surface area contributed by atoms with Crippen molar-refractivity contribution < 1.29 is 9.59 Å². The summed E-state index contributed by atoms with van der Waals surface area (Å²) in [7, 11) is 0. The largest absolute Gasteiger partial charge is 0.306 e. The van der Waals surface area contributed by atoms with Gasteiger partial charge in [-0.1, -0.05) is 311 Å². The second-order valence-electron chi connectivity index (χ2n) is 28.2. The summed E-state index contributed by atoms with van der Waals surface area (Å²) in [6.07, 6.45) is 64.1. The SMILES string of the molecule is CCCCCCCCCCCCC(CCCCCCCCCC)CN1C(=O)C2=C(c3ccc(-c4cc(CCCCCC)c(Br)s4)s3)N(CC(CCCCCCCCCC)CCCCCCCCCCCC)C(=O)C2=C1c1ccc(-c2cc(CCCCCC)c(Br)s2)s1. The number of hydrogen-bond donors (Lipinski definition) is 0. The van der Waals surface area contributed by atoms with Gasteiger partial charge in [-0.3, -0.25) is 9.59 Å². The van der Waals surface area contributed by atoms with Gasteiger partial charge in [-0.25, -0.2) is 0 Å². The number of nitrogens with zero attached hydrogens (tertiary/aromatic N) is 2. The van der Waals surface area contributed by atoms with Crippen molar-refractivity contribution in [1.29, 1.82) is 0 Å². The van der Waals surface area contributed by atoms with Gasteiger partial charge >= 0.3 is 0 Å². The van der Waals surface area contributed by atoms with E-state index < -0.39 is 0 Å². The Kier molecular flexibility index (Phi) is 41.3. The fraction of sp³-hybridized carbons (Fsp3) is 0.732. The fourth-order valence-corrected chi connectivity index (χ4v) is 20.3. The number of thiophene rings is 4. The number of fused-ring (bicyclic) bond motifs is 1. The highest BCUT2D eigenvalue weighted by molar-refractivity contribution is 9.11. The highest BCUT2D eigenvalue weighted by Crippen LogP contribution is 2.52. The van der Waals surface area contributed by atoms with Gasteiger partial charge in [-0.05, 0) is 143 Å². The lowest BCUT2D eigenvalue weighted by Gasteiger charge is -2.29. The van der Waals surface area contributed by atoms with E-state index in [1.165, 1.54) is 321 Å². The van der Waals surface area contributed by atoms with E-state index in [9.17, 15) is 0 Å². The standard InChI is InChI=1S/C82H130Br2N2O2S4/c1-7-13-19-25-29-33-35-39-43-47-53-65(51-45-41-37-31-27-21-15-9-3)63-85-77(71-59-57-69(89-71)73-61-67(79(83)91-73)55-49-23-17-11-5)75-76(81(85)87)78(72-60-58-70(90-72)74-62-68(80(84)92-74)56-50-24-18-12-6)86(82(75)88)64-66(52-46-42-38-32-28-22-16-10-4)54-48-44-40-36-34-30-26-20-14-8-2/h57-62,65-66H,7-56,63-64H2,1-6H3. The van der Waals surface area contributed by atoms with E-state index in [-0.39, 0.29) is 11.8 Å². The quantitative estimate of drug-likeness (QED) is 0.0413. The molecule has 2 aliphatic rings. The molecule has 0 saturated heterocycles. The first-order chi connectivity index (χ1) is 45.2. The van der Waals surface area contributed by atoms with Gasteiger partial charge in [0.1, 0.15) is 0 Å². The van der Waals surface area contributed by atoms with E-state index in [4.69, 9.17) is 0 Å². The minimum Gasteiger partial charge on any atom is -0.306 e. The van der Waals surface area contributed by atoms with Gasteiger partial charge < -0.3 is 9.80 Å². The summed E-state index contributed by atoms with van der Waals surface area (Å²) in [5, 5.41) is 0. The summed E-state index contributed by atoms with van der Waals surface area (Å²) in [5.74, 6) is 0.871. The minimum atomic E-state index is 0.0607. The average Bonchev–Trinajstić information content (AvgIpc) is 1.55.